The molecule has 6 heteroatoms. The second-order valence-electron chi connectivity index (χ2n) is 3.91. The highest BCUT2D eigenvalue weighted by Crippen LogP contribution is 2.36. The van der Waals surface area contributed by atoms with Crippen molar-refractivity contribution in [2.75, 3.05) is 0 Å². The van der Waals surface area contributed by atoms with Gasteiger partial charge in [-0.1, -0.05) is 23.7 Å². The Bertz CT molecular complexity index is 752. The maximum Gasteiger partial charge on any atom is 0.279 e. The molecule has 0 aliphatic carbocycles. The standard InChI is InChI=1S/C13H7ClN2O2S/c14-8-5-6-11(16(17)18)9(7-8)13-15-10-3-1-2-4-12(10)19-13/h1-7H. The van der Waals surface area contributed by atoms with Crippen LogP contribution >= 0.6 is 22.9 Å². The third-order valence-electron chi connectivity index (χ3n) is 2.68. The van der Waals surface area contributed by atoms with Crippen molar-refractivity contribution in [2.45, 2.75) is 0 Å². The highest BCUT2D eigenvalue weighted by Gasteiger charge is 2.18. The quantitative estimate of drug-likeness (QED) is 0.515. The number of hydrogen-bond acceptors (Lipinski definition) is 4. The summed E-state index contributed by atoms with van der Waals surface area (Å²) in [7, 11) is 0. The molecule has 1 aromatic heterocycles. The minimum Gasteiger partial charge on any atom is -0.258 e. The van der Waals surface area contributed by atoms with Crippen molar-refractivity contribution < 1.29 is 4.92 Å². The van der Waals surface area contributed by atoms with E-state index in [4.69, 9.17) is 11.6 Å². The number of nitro groups is 1. The molecule has 4 nitrogen and oxygen atoms in total. The number of aromatic nitrogens is 1. The first-order valence-electron chi connectivity index (χ1n) is 5.45. The molecule has 0 bridgehead atoms. The van der Waals surface area contributed by atoms with Crippen LogP contribution in [0.5, 0.6) is 0 Å². The first kappa shape index (κ1) is 12.1. The molecule has 0 N–H and O–H groups in total. The zero-order valence-corrected chi connectivity index (χ0v) is 11.1. The molecule has 19 heavy (non-hydrogen) atoms. The van der Waals surface area contributed by atoms with Gasteiger partial charge in [0, 0.05) is 11.1 Å². The van der Waals surface area contributed by atoms with Crippen molar-refractivity contribution in [3.05, 3.63) is 57.6 Å². The van der Waals surface area contributed by atoms with E-state index in [2.05, 4.69) is 4.98 Å². The van der Waals surface area contributed by atoms with Gasteiger partial charge in [0.05, 0.1) is 20.7 Å². The van der Waals surface area contributed by atoms with Crippen LogP contribution in [0.3, 0.4) is 0 Å². The Balaban J connectivity index is 2.25. The maximum atomic E-state index is 11.1. The molecule has 0 aliphatic rings. The SMILES string of the molecule is O=[N+]([O-])c1ccc(Cl)cc1-c1nc2ccccc2s1. The molecule has 0 aliphatic heterocycles. The predicted molar refractivity (Wildman–Crippen MR) is 76.7 cm³/mol. The number of hydrogen-bond donors (Lipinski definition) is 0. The van der Waals surface area contributed by atoms with Crippen LogP contribution in [-0.4, -0.2) is 9.91 Å². The predicted octanol–water partition coefficient (Wildman–Crippen LogP) is 4.52. The van der Waals surface area contributed by atoms with Gasteiger partial charge in [-0.2, -0.15) is 0 Å². The van der Waals surface area contributed by atoms with Gasteiger partial charge >= 0.3 is 0 Å². The van der Waals surface area contributed by atoms with Gasteiger partial charge in [-0.05, 0) is 24.3 Å². The first-order chi connectivity index (χ1) is 9.15. The summed E-state index contributed by atoms with van der Waals surface area (Å²) in [4.78, 5) is 15.1. The summed E-state index contributed by atoms with van der Waals surface area (Å²) in [5.74, 6) is 0. The van der Waals surface area contributed by atoms with Crippen molar-refractivity contribution in [3.8, 4) is 10.6 Å². The monoisotopic (exact) mass is 290 g/mol. The number of fused-ring (bicyclic) bond motifs is 1. The normalized spacial score (nSPS) is 10.8. The van der Waals surface area contributed by atoms with Crippen LogP contribution in [0.25, 0.3) is 20.8 Å². The fraction of sp³-hybridized carbons (Fsp3) is 0. The molecule has 0 spiro atoms. The molecular formula is C13H7ClN2O2S. The van der Waals surface area contributed by atoms with Crippen LogP contribution < -0.4 is 0 Å². The van der Waals surface area contributed by atoms with Gasteiger partial charge in [-0.15, -0.1) is 11.3 Å². The molecule has 0 saturated carbocycles. The van der Waals surface area contributed by atoms with Gasteiger partial charge < -0.3 is 0 Å². The number of rotatable bonds is 2. The Morgan fingerprint density at radius 3 is 2.74 bits per heavy atom. The average Bonchev–Trinajstić information content (AvgIpc) is 2.81. The van der Waals surface area contributed by atoms with E-state index in [1.807, 2.05) is 24.3 Å². The molecular weight excluding hydrogens is 284 g/mol. The summed E-state index contributed by atoms with van der Waals surface area (Å²) < 4.78 is 0.992. The van der Waals surface area contributed by atoms with Crippen LogP contribution in [0.4, 0.5) is 5.69 Å². The number of thiazole rings is 1. The number of para-hydroxylation sites is 1. The Kier molecular flexibility index (Phi) is 2.93. The van der Waals surface area contributed by atoms with E-state index >= 15 is 0 Å². The van der Waals surface area contributed by atoms with E-state index < -0.39 is 4.92 Å². The molecule has 0 atom stereocenters. The third kappa shape index (κ3) is 2.18. The second-order valence-corrected chi connectivity index (χ2v) is 5.37. The van der Waals surface area contributed by atoms with Gasteiger partial charge in [-0.3, -0.25) is 10.1 Å². The van der Waals surface area contributed by atoms with E-state index in [0.717, 1.165) is 10.2 Å². The van der Waals surface area contributed by atoms with Crippen LogP contribution in [0.1, 0.15) is 0 Å². The maximum absolute atomic E-state index is 11.1. The van der Waals surface area contributed by atoms with Crippen LogP contribution in [-0.2, 0) is 0 Å². The summed E-state index contributed by atoms with van der Waals surface area (Å²) in [5, 5.41) is 12.1. The third-order valence-corrected chi connectivity index (χ3v) is 3.98. The number of nitrogens with zero attached hydrogens (tertiary/aromatic N) is 2. The van der Waals surface area contributed by atoms with Crippen molar-refractivity contribution in [2.24, 2.45) is 0 Å². The largest absolute Gasteiger partial charge is 0.279 e. The minimum absolute atomic E-state index is 0.0171. The lowest BCUT2D eigenvalue weighted by molar-refractivity contribution is -0.384. The molecule has 0 saturated heterocycles. The molecule has 0 fully saturated rings. The molecule has 0 radical (unpaired) electrons. The number of nitro benzene ring substituents is 1. The Morgan fingerprint density at radius 1 is 1.21 bits per heavy atom. The lowest BCUT2D eigenvalue weighted by Gasteiger charge is -1.99. The van der Waals surface area contributed by atoms with Crippen LogP contribution in [0, 0.1) is 10.1 Å². The fourth-order valence-corrected chi connectivity index (χ4v) is 2.99. The van der Waals surface area contributed by atoms with Crippen molar-refractivity contribution in [1.82, 2.24) is 4.98 Å². The summed E-state index contributed by atoms with van der Waals surface area (Å²) in [6.07, 6.45) is 0. The molecule has 2 aromatic carbocycles. The highest BCUT2D eigenvalue weighted by molar-refractivity contribution is 7.21. The molecule has 0 unspecified atom stereocenters. The summed E-state index contributed by atoms with van der Waals surface area (Å²) in [6, 6.07) is 12.1. The van der Waals surface area contributed by atoms with Gasteiger partial charge in [0.15, 0.2) is 0 Å². The van der Waals surface area contributed by atoms with E-state index in [1.54, 1.807) is 6.07 Å². The Morgan fingerprint density at radius 2 is 2.00 bits per heavy atom. The van der Waals surface area contributed by atoms with Gasteiger partial charge in [-0.25, -0.2) is 4.98 Å². The molecule has 1 heterocycles. The smallest absolute Gasteiger partial charge is 0.258 e. The van der Waals surface area contributed by atoms with E-state index in [0.29, 0.717) is 15.6 Å². The minimum atomic E-state index is -0.419. The van der Waals surface area contributed by atoms with Crippen LogP contribution in [0.15, 0.2) is 42.5 Å². The van der Waals surface area contributed by atoms with Crippen LogP contribution in [0.2, 0.25) is 5.02 Å². The number of benzene rings is 2. The molecule has 0 amide bonds. The summed E-state index contributed by atoms with van der Waals surface area (Å²) >= 11 is 7.34. The highest BCUT2D eigenvalue weighted by atomic mass is 35.5. The van der Waals surface area contributed by atoms with E-state index in [-0.39, 0.29) is 5.69 Å². The Labute approximate surface area is 117 Å². The van der Waals surface area contributed by atoms with Crippen molar-refractivity contribution in [3.63, 3.8) is 0 Å². The van der Waals surface area contributed by atoms with E-state index in [1.165, 1.54) is 23.5 Å². The van der Waals surface area contributed by atoms with Gasteiger partial charge in [0.1, 0.15) is 5.01 Å². The Hall–Kier alpha value is -1.98. The summed E-state index contributed by atoms with van der Waals surface area (Å²) in [6.45, 7) is 0. The van der Waals surface area contributed by atoms with Crippen molar-refractivity contribution >= 4 is 38.8 Å². The first-order valence-corrected chi connectivity index (χ1v) is 6.64. The molecule has 3 aromatic rings. The number of halogens is 1. The molecule has 94 valence electrons. The van der Waals surface area contributed by atoms with Gasteiger partial charge in [0.25, 0.3) is 5.69 Å². The fourth-order valence-electron chi connectivity index (χ4n) is 1.83. The van der Waals surface area contributed by atoms with Crippen molar-refractivity contribution in [1.29, 1.82) is 0 Å². The summed E-state index contributed by atoms with van der Waals surface area (Å²) in [5.41, 5.74) is 1.30. The second kappa shape index (κ2) is 4.60. The average molecular weight is 291 g/mol. The topological polar surface area (TPSA) is 56.0 Å². The lowest BCUT2D eigenvalue weighted by atomic mass is 10.2. The lowest BCUT2D eigenvalue weighted by Crippen LogP contribution is -1.91. The van der Waals surface area contributed by atoms with E-state index in [9.17, 15) is 10.1 Å². The van der Waals surface area contributed by atoms with Gasteiger partial charge in [0.2, 0.25) is 0 Å². The molecule has 3 rings (SSSR count). The zero-order valence-electron chi connectivity index (χ0n) is 9.54. The zero-order chi connectivity index (χ0) is 13.4.